The molecule has 9 N–H and O–H groups in total. The standard InChI is InChI=1S/C22H31N5O8/c1-11(2)18(27-19(31)13(23)9-17(29)30)21(33)25-14(10-16(24)28)20(32)26-15(22(34)35)8-12-6-4-3-5-7-12/h3-7,11,13-15,18H,8-10,23H2,1-2H3,(H2,24,28)(H,25,33)(H,26,32)(H,27,31)(H,29,30)(H,34,35). The second-order valence-electron chi connectivity index (χ2n) is 8.26. The van der Waals surface area contributed by atoms with E-state index in [1.54, 1.807) is 44.2 Å². The summed E-state index contributed by atoms with van der Waals surface area (Å²) in [7, 11) is 0. The van der Waals surface area contributed by atoms with Crippen molar-refractivity contribution in [2.75, 3.05) is 0 Å². The van der Waals surface area contributed by atoms with Gasteiger partial charge in [-0.2, -0.15) is 0 Å². The fourth-order valence-electron chi connectivity index (χ4n) is 3.07. The Hall–Kier alpha value is -4.00. The van der Waals surface area contributed by atoms with E-state index in [1.165, 1.54) is 0 Å². The number of benzene rings is 1. The maximum Gasteiger partial charge on any atom is 0.326 e. The lowest BCUT2D eigenvalue weighted by Crippen LogP contribution is -2.59. The highest BCUT2D eigenvalue weighted by Crippen LogP contribution is 2.07. The Bertz CT molecular complexity index is 937. The van der Waals surface area contributed by atoms with E-state index in [4.69, 9.17) is 16.6 Å². The van der Waals surface area contributed by atoms with Crippen molar-refractivity contribution < 1.29 is 39.0 Å². The highest BCUT2D eigenvalue weighted by molar-refractivity contribution is 5.96. The summed E-state index contributed by atoms with van der Waals surface area (Å²) in [6.07, 6.45) is -1.35. The molecule has 0 bridgehead atoms. The van der Waals surface area contributed by atoms with Gasteiger partial charge in [-0.1, -0.05) is 44.2 Å². The summed E-state index contributed by atoms with van der Waals surface area (Å²) < 4.78 is 0. The van der Waals surface area contributed by atoms with Crippen LogP contribution in [0, 0.1) is 5.92 Å². The molecule has 35 heavy (non-hydrogen) atoms. The molecule has 4 atom stereocenters. The number of carbonyl (C=O) groups is 6. The first-order chi connectivity index (χ1) is 16.3. The fraction of sp³-hybridized carbons (Fsp3) is 0.455. The van der Waals surface area contributed by atoms with Gasteiger partial charge in [-0.05, 0) is 11.5 Å². The molecule has 13 nitrogen and oxygen atoms in total. The molecule has 4 amide bonds. The van der Waals surface area contributed by atoms with Gasteiger partial charge in [-0.15, -0.1) is 0 Å². The maximum absolute atomic E-state index is 12.8. The summed E-state index contributed by atoms with van der Waals surface area (Å²) in [5, 5.41) is 25.2. The van der Waals surface area contributed by atoms with E-state index < -0.39 is 78.5 Å². The summed E-state index contributed by atoms with van der Waals surface area (Å²) >= 11 is 0. The average molecular weight is 494 g/mol. The van der Waals surface area contributed by atoms with Crippen molar-refractivity contribution in [1.29, 1.82) is 0 Å². The zero-order valence-electron chi connectivity index (χ0n) is 19.4. The number of amides is 4. The van der Waals surface area contributed by atoms with E-state index in [0.29, 0.717) is 5.56 Å². The van der Waals surface area contributed by atoms with Crippen molar-refractivity contribution in [3.8, 4) is 0 Å². The Morgan fingerprint density at radius 1 is 0.829 bits per heavy atom. The lowest BCUT2D eigenvalue weighted by molar-refractivity contribution is -0.142. The Balaban J connectivity index is 2.98. The van der Waals surface area contributed by atoms with Crippen molar-refractivity contribution in [2.24, 2.45) is 17.4 Å². The highest BCUT2D eigenvalue weighted by Gasteiger charge is 2.32. The Kier molecular flexibility index (Phi) is 11.3. The second-order valence-corrected chi connectivity index (χ2v) is 8.26. The second kappa shape index (κ2) is 13.6. The monoisotopic (exact) mass is 493 g/mol. The van der Waals surface area contributed by atoms with Crippen molar-refractivity contribution in [3.05, 3.63) is 35.9 Å². The average Bonchev–Trinajstić information content (AvgIpc) is 2.75. The maximum atomic E-state index is 12.8. The molecule has 4 unspecified atom stereocenters. The SMILES string of the molecule is CC(C)C(NC(=O)C(N)CC(=O)O)C(=O)NC(CC(N)=O)C(=O)NC(Cc1ccccc1)C(=O)O. The molecule has 0 heterocycles. The van der Waals surface area contributed by atoms with E-state index >= 15 is 0 Å². The van der Waals surface area contributed by atoms with Crippen molar-refractivity contribution in [1.82, 2.24) is 16.0 Å². The molecule has 0 saturated heterocycles. The third-order valence-electron chi connectivity index (χ3n) is 4.91. The van der Waals surface area contributed by atoms with E-state index in [0.717, 1.165) is 0 Å². The number of primary amides is 1. The fourth-order valence-corrected chi connectivity index (χ4v) is 3.07. The van der Waals surface area contributed by atoms with E-state index in [-0.39, 0.29) is 6.42 Å². The number of carbonyl (C=O) groups excluding carboxylic acids is 4. The van der Waals surface area contributed by atoms with Crippen LogP contribution >= 0.6 is 0 Å². The molecule has 0 saturated carbocycles. The number of nitrogens with two attached hydrogens (primary N) is 2. The third-order valence-corrected chi connectivity index (χ3v) is 4.91. The minimum absolute atomic E-state index is 0.0503. The summed E-state index contributed by atoms with van der Waals surface area (Å²) in [5.41, 5.74) is 11.4. The molecule has 0 aromatic heterocycles. The zero-order valence-corrected chi connectivity index (χ0v) is 19.4. The van der Waals surface area contributed by atoms with Gasteiger partial charge in [-0.25, -0.2) is 4.79 Å². The zero-order chi connectivity index (χ0) is 26.7. The van der Waals surface area contributed by atoms with Crippen molar-refractivity contribution in [3.63, 3.8) is 0 Å². The van der Waals surface area contributed by atoms with Crippen LogP contribution in [0.2, 0.25) is 0 Å². The van der Waals surface area contributed by atoms with Gasteiger partial charge in [0.1, 0.15) is 18.1 Å². The summed E-state index contributed by atoms with van der Waals surface area (Å²) in [6, 6.07) is 2.98. The molecule has 0 aliphatic carbocycles. The molecule has 13 heteroatoms. The molecule has 0 fully saturated rings. The first kappa shape index (κ1) is 29.0. The number of hydrogen-bond donors (Lipinski definition) is 7. The number of nitrogens with one attached hydrogen (secondary N) is 3. The molecular formula is C22H31N5O8. The van der Waals surface area contributed by atoms with Crippen molar-refractivity contribution in [2.45, 2.75) is 57.3 Å². The molecule has 0 spiro atoms. The van der Waals surface area contributed by atoms with Crippen LogP contribution in [0.25, 0.3) is 0 Å². The molecule has 0 radical (unpaired) electrons. The molecule has 0 aliphatic heterocycles. The summed E-state index contributed by atoms with van der Waals surface area (Å²) in [4.78, 5) is 71.8. The first-order valence-corrected chi connectivity index (χ1v) is 10.7. The van der Waals surface area contributed by atoms with Gasteiger partial charge < -0.3 is 37.6 Å². The molecular weight excluding hydrogens is 462 g/mol. The lowest BCUT2D eigenvalue weighted by Gasteiger charge is -2.26. The molecule has 1 rings (SSSR count). The summed E-state index contributed by atoms with van der Waals surface area (Å²) in [5.74, 6) is -6.81. The smallest absolute Gasteiger partial charge is 0.326 e. The minimum atomic E-state index is -1.52. The van der Waals surface area contributed by atoms with Crippen LogP contribution in [0.4, 0.5) is 0 Å². The Labute approximate surface area is 201 Å². The molecule has 192 valence electrons. The van der Waals surface area contributed by atoms with E-state index in [1.807, 2.05) is 0 Å². The third kappa shape index (κ3) is 10.2. The normalized spacial score (nSPS) is 14.2. The molecule has 0 aliphatic rings. The molecule has 1 aromatic rings. The van der Waals surface area contributed by atoms with Crippen LogP contribution < -0.4 is 27.4 Å². The molecule has 1 aromatic carbocycles. The first-order valence-electron chi connectivity index (χ1n) is 10.7. The van der Waals surface area contributed by atoms with Crippen molar-refractivity contribution >= 4 is 35.6 Å². The quantitative estimate of drug-likeness (QED) is 0.153. The topological polar surface area (TPSA) is 231 Å². The van der Waals surface area contributed by atoms with Gasteiger partial charge >= 0.3 is 11.9 Å². The summed E-state index contributed by atoms with van der Waals surface area (Å²) in [6.45, 7) is 3.16. The van der Waals surface area contributed by atoms with E-state index in [2.05, 4.69) is 16.0 Å². The Morgan fingerprint density at radius 2 is 1.40 bits per heavy atom. The van der Waals surface area contributed by atoms with Crippen LogP contribution in [0.5, 0.6) is 0 Å². The van der Waals surface area contributed by atoms with Gasteiger partial charge in [0.2, 0.25) is 23.6 Å². The highest BCUT2D eigenvalue weighted by atomic mass is 16.4. The van der Waals surface area contributed by atoms with Crippen LogP contribution in [0.1, 0.15) is 32.3 Å². The van der Waals surface area contributed by atoms with Crippen LogP contribution in [-0.4, -0.2) is 69.9 Å². The number of rotatable bonds is 14. The minimum Gasteiger partial charge on any atom is -0.481 e. The van der Waals surface area contributed by atoms with Gasteiger partial charge in [0.25, 0.3) is 0 Å². The van der Waals surface area contributed by atoms with Crippen LogP contribution in [0.3, 0.4) is 0 Å². The predicted molar refractivity (Wildman–Crippen MR) is 122 cm³/mol. The number of carboxylic acids is 2. The van der Waals surface area contributed by atoms with Crippen LogP contribution in [-0.2, 0) is 35.2 Å². The number of hydrogen-bond acceptors (Lipinski definition) is 7. The van der Waals surface area contributed by atoms with Gasteiger partial charge in [0.15, 0.2) is 0 Å². The number of aliphatic carboxylic acids is 2. The van der Waals surface area contributed by atoms with Crippen LogP contribution in [0.15, 0.2) is 30.3 Å². The van der Waals surface area contributed by atoms with Gasteiger partial charge in [0.05, 0.1) is 18.9 Å². The number of carboxylic acid groups (broad SMARTS) is 2. The van der Waals surface area contributed by atoms with Gasteiger partial charge in [0, 0.05) is 6.42 Å². The largest absolute Gasteiger partial charge is 0.481 e. The van der Waals surface area contributed by atoms with E-state index in [9.17, 15) is 33.9 Å². The van der Waals surface area contributed by atoms with Gasteiger partial charge in [-0.3, -0.25) is 24.0 Å². The Morgan fingerprint density at radius 3 is 1.89 bits per heavy atom. The predicted octanol–water partition coefficient (Wildman–Crippen LogP) is -1.90. The lowest BCUT2D eigenvalue weighted by atomic mass is 10.0.